The molecule has 3 N–H and O–H groups in total. The van der Waals surface area contributed by atoms with Crippen LogP contribution in [0.2, 0.25) is 0 Å². The molecule has 2 fully saturated rings. The van der Waals surface area contributed by atoms with Crippen LogP contribution >= 0.6 is 0 Å². The van der Waals surface area contributed by atoms with Crippen LogP contribution in [0.1, 0.15) is 6.92 Å². The van der Waals surface area contributed by atoms with Crippen molar-refractivity contribution in [1.82, 2.24) is 4.90 Å². The number of benzene rings is 1. The van der Waals surface area contributed by atoms with Crippen molar-refractivity contribution in [2.75, 3.05) is 49.1 Å². The Hall–Kier alpha value is -1.90. The van der Waals surface area contributed by atoms with E-state index in [-0.39, 0.29) is 25.1 Å². The minimum atomic E-state index is -0.563. The Bertz CT molecular complexity index is 605. The van der Waals surface area contributed by atoms with Crippen molar-refractivity contribution in [3.63, 3.8) is 0 Å². The Morgan fingerprint density at radius 1 is 1.38 bits per heavy atom. The largest absolute Gasteiger partial charge is 0.441 e. The lowest BCUT2D eigenvalue weighted by Gasteiger charge is -2.38. The molecule has 0 radical (unpaired) electrons. The SMILES string of the molecule is CC(N)N1CCN(c2ccc(N3CC(CO)OC3=O)cc2F)CC1. The van der Waals surface area contributed by atoms with Gasteiger partial charge >= 0.3 is 6.09 Å². The number of hydrogen-bond acceptors (Lipinski definition) is 6. The quantitative estimate of drug-likeness (QED) is 0.835. The molecule has 132 valence electrons. The number of ether oxygens (including phenoxy) is 1. The van der Waals surface area contributed by atoms with Gasteiger partial charge in [-0.15, -0.1) is 0 Å². The van der Waals surface area contributed by atoms with Gasteiger partial charge in [0.15, 0.2) is 0 Å². The van der Waals surface area contributed by atoms with Gasteiger partial charge in [-0.3, -0.25) is 9.80 Å². The van der Waals surface area contributed by atoms with Crippen LogP contribution in [0.3, 0.4) is 0 Å². The van der Waals surface area contributed by atoms with Crippen LogP contribution in [0, 0.1) is 5.82 Å². The maximum Gasteiger partial charge on any atom is 0.414 e. The summed E-state index contributed by atoms with van der Waals surface area (Å²) in [5, 5.41) is 9.08. The summed E-state index contributed by atoms with van der Waals surface area (Å²) in [6.45, 7) is 4.91. The number of aliphatic hydroxyl groups excluding tert-OH is 1. The van der Waals surface area contributed by atoms with Crippen molar-refractivity contribution in [2.24, 2.45) is 5.73 Å². The zero-order chi connectivity index (χ0) is 17.3. The van der Waals surface area contributed by atoms with Crippen LogP contribution in [-0.2, 0) is 4.74 Å². The van der Waals surface area contributed by atoms with E-state index in [1.165, 1.54) is 11.0 Å². The highest BCUT2D eigenvalue weighted by molar-refractivity contribution is 5.90. The van der Waals surface area contributed by atoms with Crippen LogP contribution in [0.4, 0.5) is 20.6 Å². The maximum atomic E-state index is 14.5. The molecule has 2 saturated heterocycles. The predicted molar refractivity (Wildman–Crippen MR) is 88.5 cm³/mol. The summed E-state index contributed by atoms with van der Waals surface area (Å²) in [5.41, 5.74) is 6.83. The number of carbonyl (C=O) groups is 1. The minimum Gasteiger partial charge on any atom is -0.441 e. The third kappa shape index (κ3) is 3.31. The zero-order valence-electron chi connectivity index (χ0n) is 13.7. The van der Waals surface area contributed by atoms with Gasteiger partial charge in [0, 0.05) is 26.2 Å². The molecule has 8 heteroatoms. The lowest BCUT2D eigenvalue weighted by atomic mass is 10.2. The lowest BCUT2D eigenvalue weighted by molar-refractivity contribution is 0.0963. The zero-order valence-corrected chi connectivity index (χ0v) is 13.7. The first kappa shape index (κ1) is 16.9. The van der Waals surface area contributed by atoms with Crippen LogP contribution in [0.15, 0.2) is 18.2 Å². The second kappa shape index (κ2) is 6.92. The molecule has 2 atom stereocenters. The second-order valence-electron chi connectivity index (χ2n) is 6.20. The predicted octanol–water partition coefficient (Wildman–Crippen LogP) is 0.570. The molecule has 0 spiro atoms. The third-order valence-electron chi connectivity index (χ3n) is 4.55. The first-order valence-electron chi connectivity index (χ1n) is 8.12. The molecule has 1 amide bonds. The van der Waals surface area contributed by atoms with Gasteiger partial charge in [0.25, 0.3) is 0 Å². The smallest absolute Gasteiger partial charge is 0.414 e. The molecule has 0 bridgehead atoms. The van der Waals surface area contributed by atoms with Crippen molar-refractivity contribution in [1.29, 1.82) is 0 Å². The Morgan fingerprint density at radius 2 is 2.08 bits per heavy atom. The summed E-state index contributed by atoms with van der Waals surface area (Å²) in [6.07, 6.45) is -1.13. The Labute approximate surface area is 140 Å². The van der Waals surface area contributed by atoms with Gasteiger partial charge in [0.2, 0.25) is 0 Å². The van der Waals surface area contributed by atoms with Crippen LogP contribution in [0.5, 0.6) is 0 Å². The van der Waals surface area contributed by atoms with Gasteiger partial charge in [-0.25, -0.2) is 9.18 Å². The molecule has 1 aromatic rings. The lowest BCUT2D eigenvalue weighted by Crippen LogP contribution is -2.52. The molecule has 2 unspecified atom stereocenters. The highest BCUT2D eigenvalue weighted by Gasteiger charge is 2.32. The maximum absolute atomic E-state index is 14.5. The minimum absolute atomic E-state index is 0.0000209. The molecular weight excluding hydrogens is 315 g/mol. The number of nitrogens with two attached hydrogens (primary N) is 1. The number of anilines is 2. The van der Waals surface area contributed by atoms with Crippen molar-refractivity contribution < 1.29 is 19.0 Å². The first-order chi connectivity index (χ1) is 11.5. The molecule has 0 aliphatic carbocycles. The van der Waals surface area contributed by atoms with Gasteiger partial charge in [-0.1, -0.05) is 0 Å². The Balaban J connectivity index is 1.71. The summed E-state index contributed by atoms with van der Waals surface area (Å²) >= 11 is 0. The molecule has 2 heterocycles. The number of aliphatic hydroxyl groups is 1. The van der Waals surface area contributed by atoms with Crippen molar-refractivity contribution >= 4 is 17.5 Å². The monoisotopic (exact) mass is 338 g/mol. The number of rotatable bonds is 4. The molecule has 0 aromatic heterocycles. The number of nitrogens with zero attached hydrogens (tertiary/aromatic N) is 3. The number of halogens is 1. The standard InChI is InChI=1S/C16H23FN4O3/c1-11(18)19-4-6-20(7-5-19)15-3-2-12(8-14(15)17)21-9-13(10-22)24-16(21)23/h2-3,8,11,13,22H,4-7,9-10,18H2,1H3. The average molecular weight is 338 g/mol. The van der Waals surface area contributed by atoms with Crippen molar-refractivity contribution in [2.45, 2.75) is 19.2 Å². The fourth-order valence-corrected chi connectivity index (χ4v) is 3.12. The van der Waals surface area contributed by atoms with E-state index in [1.807, 2.05) is 11.8 Å². The summed E-state index contributed by atoms with van der Waals surface area (Å²) in [4.78, 5) is 17.3. The fourth-order valence-electron chi connectivity index (χ4n) is 3.12. The summed E-state index contributed by atoms with van der Waals surface area (Å²) in [5.74, 6) is -0.373. The van der Waals surface area contributed by atoms with E-state index < -0.39 is 12.2 Å². The molecular formula is C16H23FN4O3. The molecule has 0 saturated carbocycles. The summed E-state index contributed by atoms with van der Waals surface area (Å²) in [6, 6.07) is 4.73. The van der Waals surface area contributed by atoms with Gasteiger partial charge in [0.05, 0.1) is 30.7 Å². The van der Waals surface area contributed by atoms with E-state index in [1.54, 1.807) is 12.1 Å². The van der Waals surface area contributed by atoms with Gasteiger partial charge in [-0.05, 0) is 25.1 Å². The van der Waals surface area contributed by atoms with E-state index in [0.717, 1.165) is 13.1 Å². The van der Waals surface area contributed by atoms with E-state index >= 15 is 0 Å². The van der Waals surface area contributed by atoms with Crippen LogP contribution < -0.4 is 15.5 Å². The van der Waals surface area contributed by atoms with E-state index in [4.69, 9.17) is 15.6 Å². The number of piperazine rings is 1. The van der Waals surface area contributed by atoms with Crippen molar-refractivity contribution in [3.05, 3.63) is 24.0 Å². The molecule has 3 rings (SSSR count). The van der Waals surface area contributed by atoms with E-state index in [2.05, 4.69) is 4.90 Å². The second-order valence-corrected chi connectivity index (χ2v) is 6.20. The molecule has 2 aliphatic rings. The molecule has 1 aromatic carbocycles. The highest BCUT2D eigenvalue weighted by Crippen LogP contribution is 2.28. The average Bonchev–Trinajstić information content (AvgIpc) is 2.96. The summed E-state index contributed by atoms with van der Waals surface area (Å²) < 4.78 is 19.5. The third-order valence-corrected chi connectivity index (χ3v) is 4.55. The van der Waals surface area contributed by atoms with Gasteiger partial charge in [0.1, 0.15) is 11.9 Å². The molecule has 2 aliphatic heterocycles. The number of amides is 1. The number of hydrogen-bond donors (Lipinski definition) is 2. The fraction of sp³-hybridized carbons (Fsp3) is 0.562. The Morgan fingerprint density at radius 3 is 2.62 bits per heavy atom. The van der Waals surface area contributed by atoms with Crippen molar-refractivity contribution in [3.8, 4) is 0 Å². The number of cyclic esters (lactones) is 1. The van der Waals surface area contributed by atoms with E-state index in [9.17, 15) is 9.18 Å². The molecule has 7 nitrogen and oxygen atoms in total. The van der Waals surface area contributed by atoms with Gasteiger partial charge < -0.3 is 20.5 Å². The highest BCUT2D eigenvalue weighted by atomic mass is 19.1. The van der Waals surface area contributed by atoms with Crippen LogP contribution in [0.25, 0.3) is 0 Å². The topological polar surface area (TPSA) is 82.3 Å². The van der Waals surface area contributed by atoms with Gasteiger partial charge in [-0.2, -0.15) is 0 Å². The normalized spacial score (nSPS) is 23.5. The first-order valence-corrected chi connectivity index (χ1v) is 8.12. The van der Waals surface area contributed by atoms with E-state index in [0.29, 0.717) is 24.5 Å². The summed E-state index contributed by atoms with van der Waals surface area (Å²) in [7, 11) is 0. The number of carbonyl (C=O) groups excluding carboxylic acids is 1. The van der Waals surface area contributed by atoms with Crippen LogP contribution in [-0.4, -0.2) is 67.7 Å². The Kier molecular flexibility index (Phi) is 4.88. The molecule has 24 heavy (non-hydrogen) atoms.